The highest BCUT2D eigenvalue weighted by Gasteiger charge is 2.08. The van der Waals surface area contributed by atoms with Crippen LogP contribution in [0.15, 0.2) is 29.3 Å². The summed E-state index contributed by atoms with van der Waals surface area (Å²) in [5, 5.41) is 13.9. The van der Waals surface area contributed by atoms with Crippen LogP contribution < -0.4 is 15.4 Å². The number of hydrogen-bond donors (Lipinski definition) is 3. The number of nitrogens with one attached hydrogen (secondary N) is 3. The smallest absolute Gasteiger partial charge is 0.191 e. The third-order valence-electron chi connectivity index (χ3n) is 4.15. The molecule has 0 saturated carbocycles. The van der Waals surface area contributed by atoms with E-state index in [2.05, 4.69) is 44.7 Å². The van der Waals surface area contributed by atoms with Crippen LogP contribution in [0.5, 0.6) is 5.75 Å². The van der Waals surface area contributed by atoms with Crippen molar-refractivity contribution in [2.45, 2.75) is 52.1 Å². The maximum Gasteiger partial charge on any atom is 0.191 e. The Morgan fingerprint density at radius 2 is 2.04 bits per heavy atom. The Kier molecular flexibility index (Phi) is 7.92. The van der Waals surface area contributed by atoms with Gasteiger partial charge in [-0.05, 0) is 37.6 Å². The number of unbranched alkanes of at least 4 members (excludes halogenated alkanes) is 2. The second-order valence-electron chi connectivity index (χ2n) is 6.30. The number of nitrogens with zero attached hydrogens (tertiary/aromatic N) is 3. The molecule has 0 radical (unpaired) electrons. The van der Waals surface area contributed by atoms with Crippen LogP contribution in [0.1, 0.15) is 45.4 Å². The molecule has 2 rings (SSSR count). The Hall–Kier alpha value is -2.57. The lowest BCUT2D eigenvalue weighted by atomic mass is 10.1. The Labute approximate surface area is 155 Å². The zero-order chi connectivity index (χ0) is 18.8. The zero-order valence-corrected chi connectivity index (χ0v) is 16.2. The molecule has 1 aromatic carbocycles. The van der Waals surface area contributed by atoms with Crippen LogP contribution in [0.2, 0.25) is 0 Å². The molecule has 2 aromatic rings. The monoisotopic (exact) mass is 358 g/mol. The lowest BCUT2D eigenvalue weighted by Crippen LogP contribution is -2.42. The summed E-state index contributed by atoms with van der Waals surface area (Å²) < 4.78 is 5.17. The Bertz CT molecular complexity index is 680. The molecule has 142 valence electrons. The Morgan fingerprint density at radius 1 is 1.27 bits per heavy atom. The lowest BCUT2D eigenvalue weighted by molar-refractivity contribution is 0.415. The van der Waals surface area contributed by atoms with Crippen molar-refractivity contribution in [1.82, 2.24) is 25.8 Å². The van der Waals surface area contributed by atoms with Gasteiger partial charge in [-0.3, -0.25) is 10.1 Å². The van der Waals surface area contributed by atoms with Gasteiger partial charge in [0.25, 0.3) is 0 Å². The van der Waals surface area contributed by atoms with Gasteiger partial charge < -0.3 is 15.4 Å². The molecule has 0 amide bonds. The van der Waals surface area contributed by atoms with Gasteiger partial charge in [0.2, 0.25) is 0 Å². The molecule has 1 atom stereocenters. The van der Waals surface area contributed by atoms with Crippen molar-refractivity contribution in [3.05, 3.63) is 30.1 Å². The van der Waals surface area contributed by atoms with Gasteiger partial charge in [0.1, 0.15) is 11.6 Å². The Morgan fingerprint density at radius 3 is 2.69 bits per heavy atom. The molecule has 7 heteroatoms. The summed E-state index contributed by atoms with van der Waals surface area (Å²) in [6, 6.07) is 8.07. The molecule has 7 nitrogen and oxygen atoms in total. The average Bonchev–Trinajstić information content (AvgIpc) is 3.14. The van der Waals surface area contributed by atoms with Crippen LogP contribution in [-0.4, -0.2) is 41.3 Å². The fourth-order valence-corrected chi connectivity index (χ4v) is 2.61. The molecule has 0 spiro atoms. The minimum absolute atomic E-state index is 0.386. The second-order valence-corrected chi connectivity index (χ2v) is 6.30. The van der Waals surface area contributed by atoms with E-state index in [1.807, 2.05) is 24.3 Å². The Balaban J connectivity index is 1.85. The van der Waals surface area contributed by atoms with Crippen LogP contribution in [-0.2, 0) is 6.54 Å². The minimum Gasteiger partial charge on any atom is -0.497 e. The van der Waals surface area contributed by atoms with Crippen molar-refractivity contribution in [3.63, 3.8) is 0 Å². The van der Waals surface area contributed by atoms with Crippen molar-refractivity contribution in [2.24, 2.45) is 4.99 Å². The van der Waals surface area contributed by atoms with E-state index < -0.39 is 0 Å². The van der Waals surface area contributed by atoms with Gasteiger partial charge in [-0.2, -0.15) is 5.10 Å². The van der Waals surface area contributed by atoms with Crippen LogP contribution in [0.3, 0.4) is 0 Å². The van der Waals surface area contributed by atoms with E-state index >= 15 is 0 Å². The van der Waals surface area contributed by atoms with Crippen molar-refractivity contribution < 1.29 is 4.74 Å². The van der Waals surface area contributed by atoms with Crippen molar-refractivity contribution in [1.29, 1.82) is 0 Å². The van der Waals surface area contributed by atoms with E-state index in [1.165, 1.54) is 19.3 Å². The molecule has 0 aliphatic rings. The quantitative estimate of drug-likeness (QED) is 0.364. The summed E-state index contributed by atoms with van der Waals surface area (Å²) in [6.45, 7) is 4.93. The topological polar surface area (TPSA) is 87.2 Å². The van der Waals surface area contributed by atoms with E-state index in [1.54, 1.807) is 14.2 Å². The number of aliphatic imine (C=N–C) groups is 1. The molecule has 1 unspecified atom stereocenters. The van der Waals surface area contributed by atoms with Gasteiger partial charge in [0.15, 0.2) is 11.8 Å². The number of guanidine groups is 1. The molecule has 0 fully saturated rings. The highest BCUT2D eigenvalue weighted by Crippen LogP contribution is 2.18. The number of hydrogen-bond acceptors (Lipinski definition) is 4. The summed E-state index contributed by atoms with van der Waals surface area (Å²) in [4.78, 5) is 8.80. The summed E-state index contributed by atoms with van der Waals surface area (Å²) in [6.07, 6.45) is 4.87. The number of benzene rings is 1. The first kappa shape index (κ1) is 19.8. The SMILES string of the molecule is CCCCCC(C)NC(=NC)NCc1nc(-c2ccc(OC)cc2)n[nH]1. The third-order valence-corrected chi connectivity index (χ3v) is 4.15. The molecule has 0 aliphatic heterocycles. The van der Waals surface area contributed by atoms with E-state index in [0.29, 0.717) is 18.4 Å². The van der Waals surface area contributed by atoms with E-state index in [4.69, 9.17) is 4.74 Å². The molecular weight excluding hydrogens is 328 g/mol. The fraction of sp³-hybridized carbons (Fsp3) is 0.526. The van der Waals surface area contributed by atoms with Crippen molar-refractivity contribution in [2.75, 3.05) is 14.2 Å². The molecule has 0 saturated heterocycles. The minimum atomic E-state index is 0.386. The third kappa shape index (κ3) is 6.06. The first-order valence-electron chi connectivity index (χ1n) is 9.19. The predicted octanol–water partition coefficient (Wildman–Crippen LogP) is 3.11. The molecule has 26 heavy (non-hydrogen) atoms. The molecule has 3 N–H and O–H groups in total. The molecular formula is C19H30N6O. The lowest BCUT2D eigenvalue weighted by Gasteiger charge is -2.17. The summed E-state index contributed by atoms with van der Waals surface area (Å²) in [5.74, 6) is 3.02. The first-order valence-corrected chi connectivity index (χ1v) is 9.19. The molecule has 0 bridgehead atoms. The second kappa shape index (κ2) is 10.4. The summed E-state index contributed by atoms with van der Waals surface area (Å²) in [5.41, 5.74) is 0.945. The van der Waals surface area contributed by atoms with Crippen molar-refractivity contribution in [3.8, 4) is 17.1 Å². The van der Waals surface area contributed by atoms with E-state index in [9.17, 15) is 0 Å². The van der Waals surface area contributed by atoms with Crippen LogP contribution in [0, 0.1) is 0 Å². The fourth-order valence-electron chi connectivity index (χ4n) is 2.61. The average molecular weight is 358 g/mol. The van der Waals surface area contributed by atoms with E-state index in [-0.39, 0.29) is 0 Å². The van der Waals surface area contributed by atoms with Gasteiger partial charge in [-0.1, -0.05) is 26.2 Å². The number of H-pyrrole nitrogens is 1. The predicted molar refractivity (Wildman–Crippen MR) is 105 cm³/mol. The summed E-state index contributed by atoms with van der Waals surface area (Å²) in [7, 11) is 3.43. The standard InChI is InChI=1S/C19H30N6O/c1-5-6-7-8-14(2)22-19(20-3)21-13-17-23-18(25-24-17)15-9-11-16(26-4)12-10-15/h9-12,14H,5-8,13H2,1-4H3,(H2,20,21,22)(H,23,24,25). The first-order chi connectivity index (χ1) is 12.7. The molecule has 1 aromatic heterocycles. The van der Waals surface area contributed by atoms with Gasteiger partial charge in [-0.15, -0.1) is 0 Å². The van der Waals surface area contributed by atoms with Gasteiger partial charge in [0, 0.05) is 18.7 Å². The zero-order valence-electron chi connectivity index (χ0n) is 16.2. The van der Waals surface area contributed by atoms with Crippen LogP contribution in [0.4, 0.5) is 0 Å². The maximum atomic E-state index is 5.17. The van der Waals surface area contributed by atoms with Crippen LogP contribution >= 0.6 is 0 Å². The van der Waals surface area contributed by atoms with E-state index in [0.717, 1.165) is 29.5 Å². The highest BCUT2D eigenvalue weighted by molar-refractivity contribution is 5.79. The highest BCUT2D eigenvalue weighted by atomic mass is 16.5. The number of aromatic nitrogens is 3. The number of ether oxygens (including phenoxy) is 1. The molecule has 0 aliphatic carbocycles. The van der Waals surface area contributed by atoms with Crippen molar-refractivity contribution >= 4 is 5.96 Å². The summed E-state index contributed by atoms with van der Waals surface area (Å²) >= 11 is 0. The molecule has 1 heterocycles. The largest absolute Gasteiger partial charge is 0.497 e. The van der Waals surface area contributed by atoms with Gasteiger partial charge in [-0.25, -0.2) is 4.98 Å². The normalized spacial score (nSPS) is 12.7. The number of methoxy groups -OCH3 is 1. The number of rotatable bonds is 9. The van der Waals surface area contributed by atoms with Gasteiger partial charge >= 0.3 is 0 Å². The van der Waals surface area contributed by atoms with Gasteiger partial charge in [0.05, 0.1) is 13.7 Å². The maximum absolute atomic E-state index is 5.17. The number of aromatic amines is 1. The van der Waals surface area contributed by atoms with Crippen LogP contribution in [0.25, 0.3) is 11.4 Å².